The highest BCUT2D eigenvalue weighted by molar-refractivity contribution is 6.42. The number of likely N-dealkylation sites (N-methyl/N-ethyl adjacent to an activating group) is 1. The van der Waals surface area contributed by atoms with Crippen LogP contribution in [0.3, 0.4) is 0 Å². The molecule has 1 aromatic heterocycles. The van der Waals surface area contributed by atoms with Gasteiger partial charge in [0, 0.05) is 31.9 Å². The van der Waals surface area contributed by atoms with Crippen LogP contribution in [-0.2, 0) is 24.8 Å². The number of hydrogen-bond donors (Lipinski definition) is 0. The average Bonchev–Trinajstić information content (AvgIpc) is 2.69. The zero-order chi connectivity index (χ0) is 16.4. The molecule has 0 fully saturated rings. The lowest BCUT2D eigenvalue weighted by Crippen LogP contribution is -2.28. The Morgan fingerprint density at radius 1 is 1.27 bits per heavy atom. The van der Waals surface area contributed by atoms with Gasteiger partial charge in [0.1, 0.15) is 0 Å². The zero-order valence-electron chi connectivity index (χ0n) is 13.2. The fraction of sp³-hybridized carbons (Fsp3) is 0.375. The first-order valence-electron chi connectivity index (χ1n) is 6.96. The lowest BCUT2D eigenvalue weighted by molar-refractivity contribution is -0.129. The highest BCUT2D eigenvalue weighted by Crippen LogP contribution is 2.23. The molecule has 22 heavy (non-hydrogen) atoms. The van der Waals surface area contributed by atoms with Crippen LogP contribution in [0.4, 0.5) is 0 Å². The van der Waals surface area contributed by atoms with E-state index < -0.39 is 0 Å². The molecule has 2 aromatic rings. The summed E-state index contributed by atoms with van der Waals surface area (Å²) in [5.41, 5.74) is 3.86. The number of aromatic nitrogens is 2. The number of aryl methyl sites for hydroxylation is 2. The van der Waals surface area contributed by atoms with E-state index in [0.29, 0.717) is 23.0 Å². The predicted octanol–water partition coefficient (Wildman–Crippen LogP) is 3.54. The van der Waals surface area contributed by atoms with Gasteiger partial charge in [-0.25, -0.2) is 0 Å². The molecule has 0 saturated carbocycles. The topological polar surface area (TPSA) is 38.1 Å². The monoisotopic (exact) mass is 339 g/mol. The molecule has 0 unspecified atom stereocenters. The summed E-state index contributed by atoms with van der Waals surface area (Å²) in [6.45, 7) is 4.39. The van der Waals surface area contributed by atoms with Crippen LogP contribution in [0.2, 0.25) is 10.0 Å². The molecular weight excluding hydrogens is 321 g/mol. The molecule has 4 nitrogen and oxygen atoms in total. The van der Waals surface area contributed by atoms with Crippen LogP contribution in [0.25, 0.3) is 0 Å². The van der Waals surface area contributed by atoms with Gasteiger partial charge in [-0.2, -0.15) is 5.10 Å². The summed E-state index contributed by atoms with van der Waals surface area (Å²) in [7, 11) is 3.67. The number of amides is 1. The lowest BCUT2D eigenvalue weighted by Gasteiger charge is -2.18. The van der Waals surface area contributed by atoms with Crippen molar-refractivity contribution in [3.05, 3.63) is 50.8 Å². The molecule has 0 bridgehead atoms. The van der Waals surface area contributed by atoms with Crippen molar-refractivity contribution >= 4 is 29.1 Å². The number of carbonyl (C=O) groups excluding carboxylic acids is 1. The number of halogens is 2. The van der Waals surface area contributed by atoms with E-state index in [2.05, 4.69) is 5.10 Å². The first kappa shape index (κ1) is 16.8. The smallest absolute Gasteiger partial charge is 0.227 e. The summed E-state index contributed by atoms with van der Waals surface area (Å²) in [4.78, 5) is 14.1. The number of nitrogens with zero attached hydrogens (tertiary/aromatic N) is 3. The molecule has 0 spiro atoms. The van der Waals surface area contributed by atoms with Crippen LogP contribution in [0, 0.1) is 13.8 Å². The molecule has 6 heteroatoms. The summed E-state index contributed by atoms with van der Waals surface area (Å²) in [6.07, 6.45) is 0.351. The summed E-state index contributed by atoms with van der Waals surface area (Å²) < 4.78 is 1.80. The third-order valence-electron chi connectivity index (χ3n) is 3.82. The predicted molar refractivity (Wildman–Crippen MR) is 89.3 cm³/mol. The standard InChI is InChI=1S/C16H19Cl2N3O/c1-10-13(11(2)21(4)19-10)8-16(22)20(3)9-12-5-6-14(17)15(18)7-12/h5-7H,8-9H2,1-4H3. The third kappa shape index (κ3) is 3.62. The van der Waals surface area contributed by atoms with Crippen molar-refractivity contribution in [2.75, 3.05) is 7.05 Å². The van der Waals surface area contributed by atoms with Crippen molar-refractivity contribution in [3.8, 4) is 0 Å². The van der Waals surface area contributed by atoms with Gasteiger partial charge >= 0.3 is 0 Å². The average molecular weight is 340 g/mol. The Morgan fingerprint density at radius 2 is 1.95 bits per heavy atom. The molecule has 118 valence electrons. The van der Waals surface area contributed by atoms with Gasteiger partial charge < -0.3 is 4.90 Å². The molecule has 0 saturated heterocycles. The van der Waals surface area contributed by atoms with Crippen LogP contribution in [0.15, 0.2) is 18.2 Å². The maximum atomic E-state index is 12.4. The van der Waals surface area contributed by atoms with E-state index in [1.54, 1.807) is 28.8 Å². The fourth-order valence-corrected chi connectivity index (χ4v) is 2.68. The Labute approximate surface area is 140 Å². The van der Waals surface area contributed by atoms with Crippen LogP contribution >= 0.6 is 23.2 Å². The molecule has 0 aliphatic carbocycles. The minimum atomic E-state index is 0.0465. The van der Waals surface area contributed by atoms with Crippen molar-refractivity contribution in [2.45, 2.75) is 26.8 Å². The number of carbonyl (C=O) groups is 1. The summed E-state index contributed by atoms with van der Waals surface area (Å²) in [6, 6.07) is 5.40. The van der Waals surface area contributed by atoms with E-state index in [-0.39, 0.29) is 5.91 Å². The quantitative estimate of drug-likeness (QED) is 0.854. The van der Waals surface area contributed by atoms with Gasteiger partial charge in [0.05, 0.1) is 22.2 Å². The Hall–Kier alpha value is -1.52. The molecule has 0 aliphatic heterocycles. The Morgan fingerprint density at radius 3 is 2.50 bits per heavy atom. The molecule has 0 atom stereocenters. The van der Waals surface area contributed by atoms with Gasteiger partial charge in [-0.15, -0.1) is 0 Å². The minimum Gasteiger partial charge on any atom is -0.341 e. The van der Waals surface area contributed by atoms with Gasteiger partial charge in [-0.1, -0.05) is 29.3 Å². The second-order valence-electron chi connectivity index (χ2n) is 5.45. The van der Waals surface area contributed by atoms with Gasteiger partial charge in [-0.3, -0.25) is 9.48 Å². The fourth-order valence-electron chi connectivity index (χ4n) is 2.36. The molecule has 0 radical (unpaired) electrons. The Balaban J connectivity index is 2.07. The molecular formula is C16H19Cl2N3O. The van der Waals surface area contributed by atoms with Crippen LogP contribution in [-0.4, -0.2) is 27.6 Å². The SMILES string of the molecule is Cc1nn(C)c(C)c1CC(=O)N(C)Cc1ccc(Cl)c(Cl)c1. The number of benzene rings is 1. The van der Waals surface area contributed by atoms with E-state index in [1.807, 2.05) is 27.0 Å². The van der Waals surface area contributed by atoms with E-state index in [1.165, 1.54) is 0 Å². The Kier molecular flexibility index (Phi) is 5.14. The van der Waals surface area contributed by atoms with Crippen molar-refractivity contribution in [1.29, 1.82) is 0 Å². The maximum Gasteiger partial charge on any atom is 0.227 e. The number of hydrogen-bond acceptors (Lipinski definition) is 2. The largest absolute Gasteiger partial charge is 0.341 e. The summed E-state index contributed by atoms with van der Waals surface area (Å²) in [5, 5.41) is 5.36. The van der Waals surface area contributed by atoms with E-state index in [0.717, 1.165) is 22.5 Å². The molecule has 1 aromatic carbocycles. The highest BCUT2D eigenvalue weighted by atomic mass is 35.5. The second kappa shape index (κ2) is 6.71. The molecule has 0 aliphatic rings. The lowest BCUT2D eigenvalue weighted by atomic mass is 10.1. The van der Waals surface area contributed by atoms with Gasteiger partial charge in [0.25, 0.3) is 0 Å². The van der Waals surface area contributed by atoms with Crippen LogP contribution in [0.1, 0.15) is 22.5 Å². The van der Waals surface area contributed by atoms with E-state index >= 15 is 0 Å². The molecule has 1 heterocycles. The second-order valence-corrected chi connectivity index (χ2v) is 6.26. The Bertz CT molecular complexity index is 710. The summed E-state index contributed by atoms with van der Waals surface area (Å²) in [5.74, 6) is 0.0465. The van der Waals surface area contributed by atoms with Gasteiger partial charge in [-0.05, 0) is 31.5 Å². The van der Waals surface area contributed by atoms with Crippen molar-refractivity contribution in [2.24, 2.45) is 7.05 Å². The number of rotatable bonds is 4. The van der Waals surface area contributed by atoms with Gasteiger partial charge in [0.2, 0.25) is 5.91 Å². The highest BCUT2D eigenvalue weighted by Gasteiger charge is 2.16. The normalized spacial score (nSPS) is 10.8. The minimum absolute atomic E-state index is 0.0465. The first-order valence-corrected chi connectivity index (χ1v) is 7.72. The van der Waals surface area contributed by atoms with Crippen LogP contribution in [0.5, 0.6) is 0 Å². The third-order valence-corrected chi connectivity index (χ3v) is 4.56. The van der Waals surface area contributed by atoms with Gasteiger partial charge in [0.15, 0.2) is 0 Å². The van der Waals surface area contributed by atoms with Crippen LogP contribution < -0.4 is 0 Å². The molecule has 2 rings (SSSR count). The van der Waals surface area contributed by atoms with Crippen molar-refractivity contribution in [3.63, 3.8) is 0 Å². The van der Waals surface area contributed by atoms with Crippen molar-refractivity contribution < 1.29 is 4.79 Å². The van der Waals surface area contributed by atoms with Crippen molar-refractivity contribution in [1.82, 2.24) is 14.7 Å². The summed E-state index contributed by atoms with van der Waals surface area (Å²) >= 11 is 11.9. The zero-order valence-corrected chi connectivity index (χ0v) is 14.7. The first-order chi connectivity index (χ1) is 10.3. The van der Waals surface area contributed by atoms with E-state index in [4.69, 9.17) is 23.2 Å². The molecule has 1 amide bonds. The molecule has 0 N–H and O–H groups in total. The maximum absolute atomic E-state index is 12.4. The van der Waals surface area contributed by atoms with E-state index in [9.17, 15) is 4.79 Å².